The van der Waals surface area contributed by atoms with E-state index < -0.39 is 11.6 Å². The number of carbonyl (C=O) groups is 1. The summed E-state index contributed by atoms with van der Waals surface area (Å²) in [5.74, 6) is 0.0936. The Bertz CT molecular complexity index is 1600. The lowest BCUT2D eigenvalue weighted by molar-refractivity contribution is 0.0479. The minimum Gasteiger partial charge on any atom is -0.497 e. The fraction of sp³-hybridized carbons (Fsp3) is 0.160. The Labute approximate surface area is 203 Å². The zero-order chi connectivity index (χ0) is 23.8. The van der Waals surface area contributed by atoms with Crippen LogP contribution in [0.25, 0.3) is 21.2 Å². The fourth-order valence-electron chi connectivity index (χ4n) is 3.78. The van der Waals surface area contributed by atoms with E-state index in [0.717, 1.165) is 21.5 Å². The third-order valence-electron chi connectivity index (χ3n) is 5.48. The van der Waals surface area contributed by atoms with Crippen LogP contribution in [0.2, 0.25) is 5.02 Å². The summed E-state index contributed by atoms with van der Waals surface area (Å²) in [4.78, 5) is 26.2. The maximum atomic E-state index is 12.9. The van der Waals surface area contributed by atoms with Crippen molar-refractivity contribution in [2.45, 2.75) is 20.1 Å². The van der Waals surface area contributed by atoms with Crippen LogP contribution in [0.5, 0.6) is 5.75 Å². The highest BCUT2D eigenvalue weighted by Crippen LogP contribution is 2.30. The van der Waals surface area contributed by atoms with Gasteiger partial charge in [-0.1, -0.05) is 29.8 Å². The maximum Gasteiger partial charge on any atom is 0.348 e. The van der Waals surface area contributed by atoms with Crippen LogP contribution in [-0.4, -0.2) is 22.9 Å². The molecule has 0 bridgehead atoms. The van der Waals surface area contributed by atoms with Gasteiger partial charge in [0, 0.05) is 33.5 Å². The molecule has 0 atom stereocenters. The average Bonchev–Trinajstić information content (AvgIpc) is 3.39. The number of nitrogens with zero attached hydrogens (tertiary/aromatic N) is 2. The Morgan fingerprint density at radius 1 is 1.12 bits per heavy atom. The van der Waals surface area contributed by atoms with Crippen molar-refractivity contribution < 1.29 is 18.7 Å². The van der Waals surface area contributed by atoms with Crippen molar-refractivity contribution in [1.29, 1.82) is 0 Å². The van der Waals surface area contributed by atoms with E-state index in [2.05, 4.69) is 5.10 Å². The molecule has 9 heteroatoms. The lowest BCUT2D eigenvalue weighted by atomic mass is 10.1. The number of carbonyl (C=O) groups excluding carboxylic acids is 1. The van der Waals surface area contributed by atoms with Gasteiger partial charge >= 0.3 is 11.6 Å². The van der Waals surface area contributed by atoms with Crippen LogP contribution in [-0.2, 0) is 17.9 Å². The van der Waals surface area contributed by atoms with Crippen LogP contribution >= 0.6 is 22.9 Å². The average molecular weight is 495 g/mol. The molecule has 0 aliphatic rings. The van der Waals surface area contributed by atoms with Crippen LogP contribution in [0.4, 0.5) is 0 Å². The molecule has 34 heavy (non-hydrogen) atoms. The smallest absolute Gasteiger partial charge is 0.348 e. The fourth-order valence-corrected chi connectivity index (χ4v) is 5.03. The molecule has 0 spiro atoms. The zero-order valence-electron chi connectivity index (χ0n) is 18.3. The Morgan fingerprint density at radius 2 is 1.94 bits per heavy atom. The zero-order valence-corrected chi connectivity index (χ0v) is 19.9. The number of thiophene rings is 1. The first kappa shape index (κ1) is 22.2. The molecule has 2 aromatic carbocycles. The van der Waals surface area contributed by atoms with Crippen LogP contribution in [0.15, 0.2) is 63.8 Å². The number of fused-ring (bicyclic) bond motifs is 2. The van der Waals surface area contributed by atoms with Gasteiger partial charge in [-0.15, -0.1) is 11.3 Å². The van der Waals surface area contributed by atoms with Crippen molar-refractivity contribution in [2.75, 3.05) is 7.11 Å². The molecule has 0 amide bonds. The molecule has 3 aromatic heterocycles. The molecule has 5 rings (SSSR count). The first-order chi connectivity index (χ1) is 16.4. The molecule has 5 aromatic rings. The Kier molecular flexibility index (Phi) is 5.85. The summed E-state index contributed by atoms with van der Waals surface area (Å²) in [6.07, 6.45) is 0. The number of benzene rings is 2. The van der Waals surface area contributed by atoms with Gasteiger partial charge in [-0.25, -0.2) is 9.59 Å². The molecule has 0 N–H and O–H groups in total. The normalized spacial score (nSPS) is 11.3. The summed E-state index contributed by atoms with van der Waals surface area (Å²) >= 11 is 7.62. The minimum atomic E-state index is -0.524. The molecule has 0 unspecified atom stereocenters. The summed E-state index contributed by atoms with van der Waals surface area (Å²) < 4.78 is 17.8. The standard InChI is InChI=1S/C25H19ClN2O5S/c1-14-19-11-22(34-24(19)28(27-14)12-15-5-3-4-6-20(15)26)25(30)32-13-16-9-23(29)33-21-10-17(31-2)7-8-18(16)21/h3-11H,12-13H2,1-2H3. The van der Waals surface area contributed by atoms with Gasteiger partial charge in [0.25, 0.3) is 0 Å². The third-order valence-corrected chi connectivity index (χ3v) is 6.98. The number of rotatable bonds is 6. The van der Waals surface area contributed by atoms with E-state index in [1.54, 1.807) is 24.3 Å². The molecule has 3 heterocycles. The number of hydrogen-bond donors (Lipinski definition) is 0. The molecule has 0 aliphatic heterocycles. The van der Waals surface area contributed by atoms with E-state index in [-0.39, 0.29) is 6.61 Å². The first-order valence-electron chi connectivity index (χ1n) is 10.4. The molecule has 0 aliphatic carbocycles. The summed E-state index contributed by atoms with van der Waals surface area (Å²) in [5, 5.41) is 6.83. The molecule has 7 nitrogen and oxygen atoms in total. The summed E-state index contributed by atoms with van der Waals surface area (Å²) in [6.45, 7) is 2.33. The number of methoxy groups -OCH3 is 1. The lowest BCUT2D eigenvalue weighted by Crippen LogP contribution is -2.07. The number of halogens is 1. The lowest BCUT2D eigenvalue weighted by Gasteiger charge is -2.08. The van der Waals surface area contributed by atoms with Gasteiger partial charge in [0.05, 0.1) is 19.3 Å². The van der Waals surface area contributed by atoms with Crippen LogP contribution < -0.4 is 10.4 Å². The summed E-state index contributed by atoms with van der Waals surface area (Å²) in [6, 6.07) is 15.9. The van der Waals surface area contributed by atoms with Crippen molar-refractivity contribution in [2.24, 2.45) is 0 Å². The predicted molar refractivity (Wildman–Crippen MR) is 131 cm³/mol. The van der Waals surface area contributed by atoms with E-state index in [0.29, 0.717) is 38.7 Å². The number of hydrogen-bond acceptors (Lipinski definition) is 7. The minimum absolute atomic E-state index is 0.0633. The molecular weight excluding hydrogens is 476 g/mol. The Hall–Kier alpha value is -3.62. The quantitative estimate of drug-likeness (QED) is 0.226. The van der Waals surface area contributed by atoms with Crippen LogP contribution in [0, 0.1) is 6.92 Å². The predicted octanol–water partition coefficient (Wildman–Crippen LogP) is 5.58. The number of esters is 1. The Morgan fingerprint density at radius 3 is 2.74 bits per heavy atom. The van der Waals surface area contributed by atoms with Crippen LogP contribution in [0.1, 0.15) is 26.5 Å². The van der Waals surface area contributed by atoms with E-state index in [4.69, 9.17) is 25.5 Å². The van der Waals surface area contributed by atoms with Gasteiger partial charge in [-0.2, -0.15) is 5.10 Å². The SMILES string of the molecule is COc1ccc2c(COC(=O)c3cc4c(C)nn(Cc5ccccc5Cl)c4s3)cc(=O)oc2c1. The second-order valence-corrected chi connectivity index (χ2v) is 9.13. The van der Waals surface area contributed by atoms with E-state index in [1.165, 1.54) is 24.5 Å². The van der Waals surface area contributed by atoms with Crippen molar-refractivity contribution in [3.05, 3.63) is 91.7 Å². The van der Waals surface area contributed by atoms with Gasteiger partial charge < -0.3 is 13.9 Å². The van der Waals surface area contributed by atoms with Gasteiger partial charge in [-0.05, 0) is 36.8 Å². The van der Waals surface area contributed by atoms with Gasteiger partial charge in [-0.3, -0.25) is 4.68 Å². The molecule has 172 valence electrons. The van der Waals surface area contributed by atoms with Crippen molar-refractivity contribution >= 4 is 50.1 Å². The van der Waals surface area contributed by atoms with Crippen molar-refractivity contribution in [3.63, 3.8) is 0 Å². The Balaban J connectivity index is 1.39. The highest BCUT2D eigenvalue weighted by Gasteiger charge is 2.19. The molecule has 0 saturated heterocycles. The van der Waals surface area contributed by atoms with Gasteiger partial charge in [0.2, 0.25) is 0 Å². The number of aromatic nitrogens is 2. The summed E-state index contributed by atoms with van der Waals surface area (Å²) in [5.41, 5.74) is 2.17. The highest BCUT2D eigenvalue weighted by atomic mass is 35.5. The van der Waals surface area contributed by atoms with E-state index in [1.807, 2.05) is 35.9 Å². The molecule has 0 radical (unpaired) electrons. The molecular formula is C25H19ClN2O5S. The largest absolute Gasteiger partial charge is 0.497 e. The van der Waals surface area contributed by atoms with Crippen molar-refractivity contribution in [3.8, 4) is 5.75 Å². The second kappa shape index (κ2) is 8.96. The summed E-state index contributed by atoms with van der Waals surface area (Å²) in [7, 11) is 1.53. The second-order valence-electron chi connectivity index (χ2n) is 7.69. The number of ether oxygens (including phenoxy) is 2. The van der Waals surface area contributed by atoms with Gasteiger partial charge in [0.1, 0.15) is 27.6 Å². The maximum absolute atomic E-state index is 12.9. The number of aryl methyl sites for hydroxylation is 1. The van der Waals surface area contributed by atoms with Crippen LogP contribution in [0.3, 0.4) is 0 Å². The van der Waals surface area contributed by atoms with E-state index in [9.17, 15) is 9.59 Å². The third kappa shape index (κ3) is 4.18. The topological polar surface area (TPSA) is 83.6 Å². The van der Waals surface area contributed by atoms with Crippen molar-refractivity contribution in [1.82, 2.24) is 9.78 Å². The van der Waals surface area contributed by atoms with Gasteiger partial charge in [0.15, 0.2) is 0 Å². The van der Waals surface area contributed by atoms with E-state index >= 15 is 0 Å². The molecule has 0 fully saturated rings. The monoisotopic (exact) mass is 494 g/mol. The highest BCUT2D eigenvalue weighted by molar-refractivity contribution is 7.20. The first-order valence-corrected chi connectivity index (χ1v) is 11.6. The molecule has 0 saturated carbocycles.